The second-order valence-corrected chi connectivity index (χ2v) is 3.79. The van der Waals surface area contributed by atoms with E-state index in [-0.39, 0.29) is 80.9 Å². The van der Waals surface area contributed by atoms with Gasteiger partial charge in [0.2, 0.25) is 0 Å². The normalized spacial score (nSPS) is 10.5. The molecule has 0 amide bonds. The van der Waals surface area contributed by atoms with Gasteiger partial charge in [-0.3, -0.25) is 9.59 Å². The molecule has 6 heteroatoms. The Bertz CT molecular complexity index is 204. The first-order valence-electron chi connectivity index (χ1n) is 4.24. The third-order valence-electron chi connectivity index (χ3n) is 2.53. The number of hydrogen-bond donors (Lipinski definition) is 2. The molecule has 4 nitrogen and oxygen atoms in total. The van der Waals surface area contributed by atoms with E-state index in [1.807, 2.05) is 0 Å². The predicted octanol–water partition coefficient (Wildman–Crippen LogP) is 0.157. The van der Waals surface area contributed by atoms with Crippen LogP contribution >= 0.6 is 0 Å². The topological polar surface area (TPSA) is 74.6 Å². The molecule has 0 unspecified atom stereocenters. The maximum absolute atomic E-state index is 11.0. The van der Waals surface area contributed by atoms with Crippen molar-refractivity contribution in [1.82, 2.24) is 0 Å². The Labute approximate surface area is 155 Å². The van der Waals surface area contributed by atoms with Gasteiger partial charge in [-0.2, -0.15) is 0 Å². The Morgan fingerprint density at radius 2 is 1.13 bits per heavy atom. The Kier molecular flexibility index (Phi) is 12.6. The average molecular weight is 252 g/mol. The van der Waals surface area contributed by atoms with Crippen LogP contribution in [0.5, 0.6) is 0 Å². The van der Waals surface area contributed by atoms with E-state index in [0.29, 0.717) is 0 Å². The van der Waals surface area contributed by atoms with Gasteiger partial charge < -0.3 is 10.2 Å². The van der Waals surface area contributed by atoms with Gasteiger partial charge >= 0.3 is 92.9 Å². The molecule has 0 aliphatic heterocycles. The fraction of sp³-hybridized carbons (Fsp3) is 0.778. The first-order valence-corrected chi connectivity index (χ1v) is 4.24. The zero-order chi connectivity index (χ0) is 10.8. The molecule has 0 rings (SSSR count). The number of aliphatic carboxylic acids is 2. The van der Waals surface area contributed by atoms with E-state index in [9.17, 15) is 9.59 Å². The van der Waals surface area contributed by atoms with E-state index < -0.39 is 29.2 Å². The Morgan fingerprint density at radius 3 is 1.13 bits per heavy atom. The van der Waals surface area contributed by atoms with Crippen LogP contribution in [0.2, 0.25) is 0 Å². The van der Waals surface area contributed by atoms with E-state index in [1.54, 1.807) is 27.7 Å². The monoisotopic (exact) mass is 252 g/mol. The number of carbonyl (C=O) groups is 2. The third kappa shape index (κ3) is 4.39. The molecule has 2 N–H and O–H groups in total. The third-order valence-corrected chi connectivity index (χ3v) is 2.53. The summed E-state index contributed by atoms with van der Waals surface area (Å²) < 4.78 is 0. The Morgan fingerprint density at radius 1 is 0.933 bits per heavy atom. The molecule has 0 saturated heterocycles. The van der Waals surface area contributed by atoms with E-state index in [2.05, 4.69) is 0 Å². The maximum atomic E-state index is 11.0. The minimum atomic E-state index is -1.67. The Balaban J connectivity index is -0.000000720. The number of hydrogen-bond acceptors (Lipinski definition) is 2. The van der Waals surface area contributed by atoms with Crippen LogP contribution in [0.25, 0.3) is 0 Å². The molecule has 0 saturated carbocycles. The number of carboxylic acids is 2. The molecule has 0 aliphatic carbocycles. The van der Waals surface area contributed by atoms with Crippen molar-refractivity contribution in [3.8, 4) is 0 Å². The zero-order valence-electron chi connectivity index (χ0n) is 8.37. The van der Waals surface area contributed by atoms with Gasteiger partial charge in [-0.05, 0) is 11.8 Å². The van der Waals surface area contributed by atoms with E-state index >= 15 is 0 Å². The molecule has 0 bridgehead atoms. The molecule has 0 fully saturated rings. The predicted molar refractivity (Wildman–Crippen MR) is 61.7 cm³/mol. The van der Waals surface area contributed by atoms with Gasteiger partial charge in [-0.15, -0.1) is 0 Å². The van der Waals surface area contributed by atoms with Crippen LogP contribution in [0.4, 0.5) is 0 Å². The van der Waals surface area contributed by atoms with Crippen LogP contribution in [-0.4, -0.2) is 103 Å². The van der Waals surface area contributed by atoms with Gasteiger partial charge in [0, 0.05) is 0 Å². The number of carboxylic acid groups (broad SMARTS) is 2. The van der Waals surface area contributed by atoms with Gasteiger partial charge in [0.25, 0.3) is 0 Å². The van der Waals surface area contributed by atoms with E-state index in [4.69, 9.17) is 10.2 Å². The number of rotatable bonds is 4. The summed E-state index contributed by atoms with van der Waals surface area (Å²) in [5, 5.41) is 17.9. The van der Waals surface area contributed by atoms with E-state index in [1.165, 1.54) is 0 Å². The van der Waals surface area contributed by atoms with Gasteiger partial charge in [0.05, 0.1) is 0 Å². The van der Waals surface area contributed by atoms with Crippen LogP contribution in [-0.2, 0) is 9.59 Å². The fourth-order valence-electron chi connectivity index (χ4n) is 1.75. The molecule has 0 aromatic rings. The van der Waals surface area contributed by atoms with Crippen LogP contribution in [0.3, 0.4) is 0 Å². The van der Waals surface area contributed by atoms with Crippen LogP contribution in [0.1, 0.15) is 27.7 Å². The van der Waals surface area contributed by atoms with Crippen LogP contribution in [0, 0.1) is 17.3 Å². The van der Waals surface area contributed by atoms with Crippen molar-refractivity contribution < 1.29 is 19.8 Å². The molecule has 0 heterocycles. The van der Waals surface area contributed by atoms with Gasteiger partial charge in [-0.1, -0.05) is 27.7 Å². The average Bonchev–Trinajstić information content (AvgIpc) is 1.82. The summed E-state index contributed by atoms with van der Waals surface area (Å²) in [7, 11) is 0. The standard InChI is InChI=1S/C9H16O4.K.Na.2H/c1-5(2)9(6(3)4,7(10)11)8(12)13;;;;/h5-6H,1-4H3,(H,10,11)(H,12,13);;;;. The summed E-state index contributed by atoms with van der Waals surface area (Å²) in [4.78, 5) is 21.9. The first-order chi connectivity index (χ1) is 5.77. The molecular weight excluding hydrogens is 234 g/mol. The summed E-state index contributed by atoms with van der Waals surface area (Å²) in [6.07, 6.45) is 0. The molecule has 0 aliphatic rings. The second kappa shape index (κ2) is 8.64. The molecule has 0 spiro atoms. The van der Waals surface area contributed by atoms with Crippen LogP contribution in [0.15, 0.2) is 0 Å². The van der Waals surface area contributed by atoms with Crippen molar-refractivity contribution in [2.75, 3.05) is 0 Å². The summed E-state index contributed by atoms with van der Waals surface area (Å²) >= 11 is 0. The molecule has 0 aromatic heterocycles. The summed E-state index contributed by atoms with van der Waals surface area (Å²) in [6, 6.07) is 0. The van der Waals surface area contributed by atoms with Crippen molar-refractivity contribution in [3.05, 3.63) is 0 Å². The summed E-state index contributed by atoms with van der Waals surface area (Å²) in [5.74, 6) is -3.38. The molecule has 0 radical (unpaired) electrons. The SMILES string of the molecule is CC(C)C(C(=O)O)(C(=O)O)C(C)C.[KH].[NaH]. The first kappa shape index (κ1) is 21.8. The quantitative estimate of drug-likeness (QED) is 0.552. The molecular formula is C9H18KNaO4. The summed E-state index contributed by atoms with van der Waals surface area (Å²) in [6.45, 7) is 6.45. The Hall–Kier alpha value is 1.58. The van der Waals surface area contributed by atoms with Crippen molar-refractivity contribution >= 4 is 92.9 Å². The van der Waals surface area contributed by atoms with Gasteiger partial charge in [0.15, 0.2) is 5.41 Å². The molecule has 0 aromatic carbocycles. The van der Waals surface area contributed by atoms with Crippen LogP contribution < -0.4 is 0 Å². The van der Waals surface area contributed by atoms with Crippen molar-refractivity contribution in [2.45, 2.75) is 27.7 Å². The van der Waals surface area contributed by atoms with Crippen molar-refractivity contribution in [2.24, 2.45) is 17.3 Å². The van der Waals surface area contributed by atoms with Gasteiger partial charge in [-0.25, -0.2) is 0 Å². The summed E-state index contributed by atoms with van der Waals surface area (Å²) in [5.41, 5.74) is -1.67. The second-order valence-electron chi connectivity index (χ2n) is 3.79. The molecule has 15 heavy (non-hydrogen) atoms. The van der Waals surface area contributed by atoms with Crippen molar-refractivity contribution in [1.29, 1.82) is 0 Å². The van der Waals surface area contributed by atoms with Crippen molar-refractivity contribution in [3.63, 3.8) is 0 Å². The fourth-order valence-corrected chi connectivity index (χ4v) is 1.75. The van der Waals surface area contributed by atoms with E-state index in [0.717, 1.165) is 0 Å². The molecule has 80 valence electrons. The zero-order valence-corrected chi connectivity index (χ0v) is 8.37. The minimum absolute atomic E-state index is 0. The molecule has 0 atom stereocenters. The van der Waals surface area contributed by atoms with Gasteiger partial charge in [0.1, 0.15) is 0 Å².